The second-order valence-corrected chi connectivity index (χ2v) is 6.50. The number of amides is 1. The molecule has 4 nitrogen and oxygen atoms in total. The Labute approximate surface area is 140 Å². The van der Waals surface area contributed by atoms with Gasteiger partial charge in [0, 0.05) is 32.0 Å². The van der Waals surface area contributed by atoms with Crippen LogP contribution in [0.2, 0.25) is 10.0 Å². The number of hydrogen-bond acceptors (Lipinski definition) is 3. The van der Waals surface area contributed by atoms with Gasteiger partial charge in [-0.25, -0.2) is 0 Å². The summed E-state index contributed by atoms with van der Waals surface area (Å²) in [5.41, 5.74) is 1.40. The van der Waals surface area contributed by atoms with Crippen LogP contribution in [0.25, 0.3) is 0 Å². The Balaban J connectivity index is 2.05. The molecule has 2 rings (SSSR count). The van der Waals surface area contributed by atoms with Crippen molar-refractivity contribution < 1.29 is 14.3 Å². The normalized spacial score (nSPS) is 16.6. The monoisotopic (exact) mass is 343 g/mol. The first-order valence-electron chi connectivity index (χ1n) is 7.21. The number of benzene rings is 1. The van der Waals surface area contributed by atoms with Gasteiger partial charge < -0.3 is 9.64 Å². The molecule has 1 aliphatic rings. The van der Waals surface area contributed by atoms with Crippen LogP contribution in [0.3, 0.4) is 0 Å². The molecular weight excluding hydrogens is 325 g/mol. The molecule has 0 spiro atoms. The lowest BCUT2D eigenvalue weighted by molar-refractivity contribution is -0.128. The number of ether oxygens (including phenoxy) is 1. The predicted octanol–water partition coefficient (Wildman–Crippen LogP) is 3.62. The van der Waals surface area contributed by atoms with Crippen LogP contribution in [-0.4, -0.2) is 37.3 Å². The van der Waals surface area contributed by atoms with E-state index in [9.17, 15) is 9.59 Å². The van der Waals surface area contributed by atoms with E-state index in [4.69, 9.17) is 27.9 Å². The van der Waals surface area contributed by atoms with Gasteiger partial charge in [0.2, 0.25) is 5.91 Å². The number of halogens is 2. The molecule has 1 aliphatic carbocycles. The smallest absolute Gasteiger partial charge is 0.222 e. The molecule has 0 aromatic heterocycles. The Morgan fingerprint density at radius 1 is 1.36 bits per heavy atom. The minimum Gasteiger partial charge on any atom is -0.492 e. The quantitative estimate of drug-likeness (QED) is 0.767. The lowest BCUT2D eigenvalue weighted by atomic mass is 10.1. The van der Waals surface area contributed by atoms with Crippen molar-refractivity contribution in [2.75, 3.05) is 20.7 Å². The van der Waals surface area contributed by atoms with E-state index in [1.165, 1.54) is 0 Å². The van der Waals surface area contributed by atoms with E-state index in [0.29, 0.717) is 37.2 Å². The van der Waals surface area contributed by atoms with Gasteiger partial charge in [-0.3, -0.25) is 9.59 Å². The van der Waals surface area contributed by atoms with E-state index in [2.05, 4.69) is 0 Å². The van der Waals surface area contributed by atoms with Gasteiger partial charge >= 0.3 is 0 Å². The van der Waals surface area contributed by atoms with Crippen molar-refractivity contribution in [2.24, 2.45) is 5.92 Å². The van der Waals surface area contributed by atoms with Gasteiger partial charge in [0.25, 0.3) is 0 Å². The van der Waals surface area contributed by atoms with Crippen LogP contribution in [0, 0.1) is 5.92 Å². The van der Waals surface area contributed by atoms with Crippen LogP contribution in [-0.2, 0) is 11.2 Å². The Kier molecular flexibility index (Phi) is 5.35. The molecule has 0 N–H and O–H groups in total. The van der Waals surface area contributed by atoms with E-state index in [1.807, 2.05) is 6.92 Å². The second kappa shape index (κ2) is 6.88. The van der Waals surface area contributed by atoms with E-state index in [0.717, 1.165) is 5.56 Å². The van der Waals surface area contributed by atoms with Crippen LogP contribution in [0.4, 0.5) is 0 Å². The Hall–Kier alpha value is -1.26. The fourth-order valence-corrected chi connectivity index (χ4v) is 2.99. The van der Waals surface area contributed by atoms with Gasteiger partial charge in [-0.2, -0.15) is 0 Å². The number of nitrogens with zero attached hydrogens (tertiary/aromatic N) is 1. The van der Waals surface area contributed by atoms with Crippen molar-refractivity contribution >= 4 is 34.9 Å². The zero-order chi connectivity index (χ0) is 16.4. The Morgan fingerprint density at radius 3 is 2.68 bits per heavy atom. The maximum Gasteiger partial charge on any atom is 0.222 e. The molecule has 1 aromatic rings. The fraction of sp³-hybridized carbons (Fsp3) is 0.500. The van der Waals surface area contributed by atoms with Gasteiger partial charge in [-0.05, 0) is 24.5 Å². The average molecular weight is 344 g/mol. The van der Waals surface area contributed by atoms with Crippen LogP contribution >= 0.6 is 23.2 Å². The highest BCUT2D eigenvalue weighted by molar-refractivity contribution is 6.45. The standard InChI is InChI=1S/C16H19Cl2NO3/c1-9-7-10-8-11(14(17)15(18)13(10)16(9)21)22-6-4-5-12(20)19(2)3/h8-9H,4-7H2,1-3H3. The summed E-state index contributed by atoms with van der Waals surface area (Å²) in [5, 5.41) is 0.537. The lowest BCUT2D eigenvalue weighted by Gasteiger charge is -2.13. The summed E-state index contributed by atoms with van der Waals surface area (Å²) in [5.74, 6) is 0.493. The highest BCUT2D eigenvalue weighted by Gasteiger charge is 2.31. The fourth-order valence-electron chi connectivity index (χ4n) is 2.48. The minimum atomic E-state index is -0.0727. The third-order valence-electron chi connectivity index (χ3n) is 3.77. The molecule has 0 saturated heterocycles. The molecule has 22 heavy (non-hydrogen) atoms. The first kappa shape index (κ1) is 17.1. The van der Waals surface area contributed by atoms with Gasteiger partial charge in [-0.1, -0.05) is 30.1 Å². The van der Waals surface area contributed by atoms with Crippen molar-refractivity contribution in [3.8, 4) is 5.75 Å². The van der Waals surface area contributed by atoms with Crippen LogP contribution in [0.1, 0.15) is 35.7 Å². The molecule has 120 valence electrons. The van der Waals surface area contributed by atoms with Gasteiger partial charge in [0.1, 0.15) is 10.8 Å². The molecule has 0 radical (unpaired) electrons. The zero-order valence-electron chi connectivity index (χ0n) is 12.9. The van der Waals surface area contributed by atoms with Crippen LogP contribution in [0.15, 0.2) is 6.07 Å². The summed E-state index contributed by atoms with van der Waals surface area (Å²) >= 11 is 12.4. The van der Waals surface area contributed by atoms with Crippen LogP contribution < -0.4 is 4.74 Å². The molecule has 0 aliphatic heterocycles. The lowest BCUT2D eigenvalue weighted by Crippen LogP contribution is -2.21. The summed E-state index contributed by atoms with van der Waals surface area (Å²) < 4.78 is 5.65. The number of carbonyl (C=O) groups excluding carboxylic acids is 2. The molecule has 1 atom stereocenters. The highest BCUT2D eigenvalue weighted by Crippen LogP contribution is 2.42. The molecular formula is C16H19Cl2NO3. The summed E-state index contributed by atoms with van der Waals surface area (Å²) in [4.78, 5) is 25.1. The molecule has 1 unspecified atom stereocenters. The maximum atomic E-state index is 12.1. The topological polar surface area (TPSA) is 46.6 Å². The maximum absolute atomic E-state index is 12.1. The molecule has 1 aromatic carbocycles. The molecule has 0 heterocycles. The predicted molar refractivity (Wildman–Crippen MR) is 87.1 cm³/mol. The zero-order valence-corrected chi connectivity index (χ0v) is 14.4. The van der Waals surface area contributed by atoms with Crippen molar-refractivity contribution in [3.05, 3.63) is 27.2 Å². The van der Waals surface area contributed by atoms with Crippen molar-refractivity contribution in [2.45, 2.75) is 26.2 Å². The number of carbonyl (C=O) groups is 2. The molecule has 0 fully saturated rings. The first-order chi connectivity index (χ1) is 10.3. The number of fused-ring (bicyclic) bond motifs is 1. The number of Topliss-reactive ketones (excluding diaryl/α,β-unsaturated/α-hetero) is 1. The SMILES string of the molecule is CC1Cc2cc(OCCCC(=O)N(C)C)c(Cl)c(Cl)c2C1=O. The van der Waals surface area contributed by atoms with Crippen LogP contribution in [0.5, 0.6) is 5.75 Å². The number of ketones is 1. The van der Waals surface area contributed by atoms with Crippen molar-refractivity contribution in [3.63, 3.8) is 0 Å². The average Bonchev–Trinajstić information content (AvgIpc) is 2.74. The molecule has 0 bridgehead atoms. The second-order valence-electron chi connectivity index (χ2n) is 5.75. The Morgan fingerprint density at radius 2 is 2.05 bits per heavy atom. The summed E-state index contributed by atoms with van der Waals surface area (Å²) in [7, 11) is 3.44. The van der Waals surface area contributed by atoms with E-state index in [-0.39, 0.29) is 27.7 Å². The van der Waals surface area contributed by atoms with Gasteiger partial charge in [0.05, 0.1) is 11.6 Å². The third-order valence-corrected chi connectivity index (χ3v) is 4.62. The highest BCUT2D eigenvalue weighted by atomic mass is 35.5. The van der Waals surface area contributed by atoms with Crippen molar-refractivity contribution in [1.82, 2.24) is 4.90 Å². The first-order valence-corrected chi connectivity index (χ1v) is 7.96. The number of rotatable bonds is 5. The number of hydrogen-bond donors (Lipinski definition) is 0. The summed E-state index contributed by atoms with van der Waals surface area (Å²) in [6.45, 7) is 2.25. The molecule has 6 heteroatoms. The van der Waals surface area contributed by atoms with E-state index < -0.39 is 0 Å². The molecule has 1 amide bonds. The van der Waals surface area contributed by atoms with E-state index in [1.54, 1.807) is 25.1 Å². The van der Waals surface area contributed by atoms with E-state index >= 15 is 0 Å². The largest absolute Gasteiger partial charge is 0.492 e. The Bertz CT molecular complexity index is 614. The summed E-state index contributed by atoms with van der Waals surface area (Å²) in [6, 6.07) is 1.79. The molecule has 0 saturated carbocycles. The third kappa shape index (κ3) is 3.39. The van der Waals surface area contributed by atoms with Crippen molar-refractivity contribution in [1.29, 1.82) is 0 Å². The van der Waals surface area contributed by atoms with Gasteiger partial charge in [-0.15, -0.1) is 0 Å². The van der Waals surface area contributed by atoms with Gasteiger partial charge in [0.15, 0.2) is 5.78 Å². The summed E-state index contributed by atoms with van der Waals surface area (Å²) in [6.07, 6.45) is 1.66. The minimum absolute atomic E-state index is 0.0324.